The number of oxazole rings is 1. The molecular weight excluding hydrogens is 295 g/mol. The minimum Gasteiger partial charge on any atom is -0.445 e. The lowest BCUT2D eigenvalue weighted by atomic mass is 10.2. The van der Waals surface area contributed by atoms with Gasteiger partial charge < -0.3 is 9.15 Å². The van der Waals surface area contributed by atoms with Gasteiger partial charge in [0.2, 0.25) is 5.89 Å². The van der Waals surface area contributed by atoms with Crippen LogP contribution in [0.5, 0.6) is 5.75 Å². The summed E-state index contributed by atoms with van der Waals surface area (Å²) in [6, 6.07) is 5.57. The van der Waals surface area contributed by atoms with Gasteiger partial charge in [0.05, 0.1) is 11.6 Å². The predicted molar refractivity (Wildman–Crippen MR) is 68.1 cm³/mol. The molecule has 0 spiro atoms. The number of hydrogen-bond donors (Lipinski definition) is 0. The maximum absolute atomic E-state index is 12.1. The Morgan fingerprint density at radius 1 is 1.30 bits per heavy atom. The number of alkyl halides is 4. The molecule has 0 bridgehead atoms. The van der Waals surface area contributed by atoms with E-state index in [0.29, 0.717) is 17.1 Å². The summed E-state index contributed by atoms with van der Waals surface area (Å²) in [4.78, 5) is 4.03. The number of benzene rings is 1. The van der Waals surface area contributed by atoms with Crippen LogP contribution in [0.25, 0.3) is 12.2 Å². The first-order chi connectivity index (χ1) is 9.46. The van der Waals surface area contributed by atoms with Crippen molar-refractivity contribution in [3.8, 4) is 5.75 Å². The Bertz CT molecular complexity index is 608. The highest BCUT2D eigenvalue weighted by Gasteiger charge is 2.30. The Hall–Kier alpha value is -1.95. The van der Waals surface area contributed by atoms with E-state index >= 15 is 0 Å². The van der Waals surface area contributed by atoms with Crippen molar-refractivity contribution in [2.45, 2.75) is 12.2 Å². The summed E-state index contributed by atoms with van der Waals surface area (Å²) in [5, 5.41) is 0. The van der Waals surface area contributed by atoms with E-state index in [2.05, 4.69) is 9.72 Å². The van der Waals surface area contributed by atoms with Crippen LogP contribution < -0.4 is 4.74 Å². The van der Waals surface area contributed by atoms with Crippen molar-refractivity contribution in [1.82, 2.24) is 4.98 Å². The third-order valence-electron chi connectivity index (χ3n) is 2.22. The van der Waals surface area contributed by atoms with Crippen molar-refractivity contribution >= 4 is 23.8 Å². The van der Waals surface area contributed by atoms with Crippen LogP contribution in [0.15, 0.2) is 34.9 Å². The fourth-order valence-electron chi connectivity index (χ4n) is 1.44. The first-order valence-electron chi connectivity index (χ1n) is 5.50. The summed E-state index contributed by atoms with van der Waals surface area (Å²) >= 11 is 5.57. The van der Waals surface area contributed by atoms with E-state index in [4.69, 9.17) is 16.0 Å². The smallest absolute Gasteiger partial charge is 0.445 e. The van der Waals surface area contributed by atoms with Crippen molar-refractivity contribution in [2.75, 3.05) is 0 Å². The van der Waals surface area contributed by atoms with Gasteiger partial charge in [0.1, 0.15) is 12.0 Å². The molecule has 0 aliphatic rings. The van der Waals surface area contributed by atoms with Gasteiger partial charge in [-0.2, -0.15) is 0 Å². The van der Waals surface area contributed by atoms with Gasteiger partial charge in [0, 0.05) is 6.08 Å². The van der Waals surface area contributed by atoms with E-state index in [9.17, 15) is 13.2 Å². The molecule has 0 N–H and O–H groups in total. The summed E-state index contributed by atoms with van der Waals surface area (Å²) in [5.41, 5.74) is 1.11. The lowest BCUT2D eigenvalue weighted by molar-refractivity contribution is -0.274. The maximum atomic E-state index is 12.1. The number of hydrogen-bond acceptors (Lipinski definition) is 3. The quantitative estimate of drug-likeness (QED) is 0.781. The molecule has 0 radical (unpaired) electrons. The Labute approximate surface area is 117 Å². The monoisotopic (exact) mass is 303 g/mol. The summed E-state index contributed by atoms with van der Waals surface area (Å²) in [6.07, 6.45) is -0.203. The number of nitrogens with zero attached hydrogens (tertiary/aromatic N) is 1. The topological polar surface area (TPSA) is 35.3 Å². The van der Waals surface area contributed by atoms with E-state index in [1.807, 2.05) is 0 Å². The zero-order valence-electron chi connectivity index (χ0n) is 10.0. The Balaban J connectivity index is 2.11. The summed E-state index contributed by atoms with van der Waals surface area (Å²) in [6.45, 7) is 0. The molecule has 3 nitrogen and oxygen atoms in total. The average molecular weight is 304 g/mol. The van der Waals surface area contributed by atoms with Crippen molar-refractivity contribution in [2.24, 2.45) is 0 Å². The van der Waals surface area contributed by atoms with E-state index in [-0.39, 0.29) is 11.6 Å². The second-order valence-corrected chi connectivity index (χ2v) is 4.03. The molecule has 0 amide bonds. The lowest BCUT2D eigenvalue weighted by Gasteiger charge is -2.08. The molecule has 0 atom stereocenters. The van der Waals surface area contributed by atoms with Gasteiger partial charge in [-0.3, -0.25) is 0 Å². The molecule has 7 heteroatoms. The SMILES string of the molecule is FC(F)(F)Oc1cccc(C=Cc2nc(CCl)co2)c1. The highest BCUT2D eigenvalue weighted by Crippen LogP contribution is 2.24. The molecule has 2 rings (SSSR count). The van der Waals surface area contributed by atoms with Crippen molar-refractivity contribution in [1.29, 1.82) is 0 Å². The minimum atomic E-state index is -4.71. The van der Waals surface area contributed by atoms with Crippen LogP contribution >= 0.6 is 11.6 Å². The van der Waals surface area contributed by atoms with Gasteiger partial charge in [-0.1, -0.05) is 12.1 Å². The lowest BCUT2D eigenvalue weighted by Crippen LogP contribution is -2.17. The largest absolute Gasteiger partial charge is 0.573 e. The second kappa shape index (κ2) is 6.00. The van der Waals surface area contributed by atoms with Crippen molar-refractivity contribution < 1.29 is 22.3 Å². The van der Waals surface area contributed by atoms with Crippen molar-refractivity contribution in [3.63, 3.8) is 0 Å². The normalized spacial score (nSPS) is 12.0. The van der Waals surface area contributed by atoms with Gasteiger partial charge in [-0.05, 0) is 23.8 Å². The molecule has 0 saturated carbocycles. The highest BCUT2D eigenvalue weighted by molar-refractivity contribution is 6.16. The summed E-state index contributed by atoms with van der Waals surface area (Å²) < 4.78 is 45.2. The summed E-state index contributed by atoms with van der Waals surface area (Å²) in [7, 11) is 0. The molecule has 2 aromatic rings. The van der Waals surface area contributed by atoms with Crippen LogP contribution in [0.3, 0.4) is 0 Å². The first kappa shape index (κ1) is 14.5. The van der Waals surface area contributed by atoms with Gasteiger partial charge in [-0.25, -0.2) is 4.98 Å². The van der Waals surface area contributed by atoms with Gasteiger partial charge >= 0.3 is 6.36 Å². The molecule has 0 aliphatic carbocycles. The van der Waals surface area contributed by atoms with E-state index < -0.39 is 6.36 Å². The third kappa shape index (κ3) is 4.31. The van der Waals surface area contributed by atoms with Crippen LogP contribution in [0.4, 0.5) is 13.2 Å². The molecular formula is C13H9ClF3NO2. The first-order valence-corrected chi connectivity index (χ1v) is 6.04. The third-order valence-corrected chi connectivity index (χ3v) is 2.49. The fourth-order valence-corrected chi connectivity index (χ4v) is 1.57. The number of aromatic nitrogens is 1. The van der Waals surface area contributed by atoms with Crippen LogP contribution in [0, 0.1) is 0 Å². The molecule has 0 unspecified atom stereocenters. The van der Waals surface area contributed by atoms with E-state index in [1.165, 1.54) is 30.5 Å². The zero-order valence-corrected chi connectivity index (χ0v) is 10.8. The number of ether oxygens (including phenoxy) is 1. The molecule has 0 saturated heterocycles. The van der Waals surface area contributed by atoms with Gasteiger partial charge in [-0.15, -0.1) is 24.8 Å². The van der Waals surface area contributed by atoms with E-state index in [0.717, 1.165) is 0 Å². The molecule has 1 heterocycles. The Morgan fingerprint density at radius 3 is 2.75 bits per heavy atom. The maximum Gasteiger partial charge on any atom is 0.573 e. The average Bonchev–Trinajstić information content (AvgIpc) is 2.83. The predicted octanol–water partition coefficient (Wildman–Crippen LogP) is 4.48. The Morgan fingerprint density at radius 2 is 2.10 bits per heavy atom. The molecule has 0 fully saturated rings. The van der Waals surface area contributed by atoms with Gasteiger partial charge in [0.15, 0.2) is 0 Å². The molecule has 106 valence electrons. The van der Waals surface area contributed by atoms with Crippen LogP contribution in [-0.2, 0) is 5.88 Å². The second-order valence-electron chi connectivity index (χ2n) is 3.76. The number of rotatable bonds is 4. The highest BCUT2D eigenvalue weighted by atomic mass is 35.5. The molecule has 0 aliphatic heterocycles. The molecule has 20 heavy (non-hydrogen) atoms. The van der Waals surface area contributed by atoms with E-state index in [1.54, 1.807) is 12.1 Å². The van der Waals surface area contributed by atoms with Crippen LogP contribution in [-0.4, -0.2) is 11.3 Å². The summed E-state index contributed by atoms with van der Waals surface area (Å²) in [5.74, 6) is 0.267. The van der Waals surface area contributed by atoms with Gasteiger partial charge in [0.25, 0.3) is 0 Å². The molecule has 1 aromatic carbocycles. The molecule has 1 aromatic heterocycles. The Kier molecular flexibility index (Phi) is 4.34. The number of halogens is 4. The van der Waals surface area contributed by atoms with Crippen molar-refractivity contribution in [3.05, 3.63) is 47.7 Å². The zero-order chi connectivity index (χ0) is 14.6. The fraction of sp³-hybridized carbons (Fsp3) is 0.154. The van der Waals surface area contributed by atoms with Crippen LogP contribution in [0.1, 0.15) is 17.1 Å². The van der Waals surface area contributed by atoms with Crippen LogP contribution in [0.2, 0.25) is 0 Å². The standard InChI is InChI=1S/C13H9ClF3NO2/c14-7-10-8-19-12(18-10)5-4-9-2-1-3-11(6-9)20-13(15,16)17/h1-6,8H,7H2. The minimum absolute atomic E-state index is 0.228.